The maximum absolute atomic E-state index is 11.8. The number of hydrogen-bond donors (Lipinski definition) is 2. The molecule has 0 heterocycles. The third kappa shape index (κ3) is 5.76. The SMILES string of the molecule is O=C(O)CCC1CCCC(NC(=O)OCc2ccccc2)C1. The lowest BCUT2D eigenvalue weighted by Crippen LogP contribution is -2.38. The molecule has 5 nitrogen and oxygen atoms in total. The van der Waals surface area contributed by atoms with Gasteiger partial charge >= 0.3 is 12.1 Å². The first-order valence-corrected chi connectivity index (χ1v) is 7.82. The maximum atomic E-state index is 11.8. The number of amides is 1. The second kappa shape index (κ2) is 8.41. The van der Waals surface area contributed by atoms with Gasteiger partial charge in [-0.15, -0.1) is 0 Å². The average Bonchev–Trinajstić information content (AvgIpc) is 2.52. The number of hydrogen-bond acceptors (Lipinski definition) is 3. The maximum Gasteiger partial charge on any atom is 0.407 e. The fraction of sp³-hybridized carbons (Fsp3) is 0.529. The summed E-state index contributed by atoms with van der Waals surface area (Å²) in [6.07, 6.45) is 4.34. The number of carbonyl (C=O) groups excluding carboxylic acids is 1. The summed E-state index contributed by atoms with van der Waals surface area (Å²) in [6.45, 7) is 0.266. The molecule has 1 aromatic rings. The van der Waals surface area contributed by atoms with Gasteiger partial charge < -0.3 is 15.2 Å². The molecule has 2 N–H and O–H groups in total. The number of rotatable bonds is 6. The molecule has 22 heavy (non-hydrogen) atoms. The highest BCUT2D eigenvalue weighted by molar-refractivity contribution is 5.67. The van der Waals surface area contributed by atoms with Crippen LogP contribution >= 0.6 is 0 Å². The molecule has 1 saturated carbocycles. The van der Waals surface area contributed by atoms with E-state index in [0.29, 0.717) is 12.3 Å². The molecule has 0 radical (unpaired) electrons. The third-order valence-corrected chi connectivity index (χ3v) is 4.08. The van der Waals surface area contributed by atoms with Crippen LogP contribution in [0.15, 0.2) is 30.3 Å². The van der Waals surface area contributed by atoms with Gasteiger partial charge in [0.05, 0.1) is 0 Å². The summed E-state index contributed by atoms with van der Waals surface area (Å²) < 4.78 is 5.22. The van der Waals surface area contributed by atoms with Crippen LogP contribution in [-0.4, -0.2) is 23.2 Å². The first-order chi connectivity index (χ1) is 10.6. The van der Waals surface area contributed by atoms with E-state index in [2.05, 4.69) is 5.32 Å². The predicted octanol–water partition coefficient (Wildman–Crippen LogP) is 3.34. The largest absolute Gasteiger partial charge is 0.481 e. The van der Waals surface area contributed by atoms with Gasteiger partial charge in [-0.05, 0) is 30.7 Å². The van der Waals surface area contributed by atoms with Crippen LogP contribution in [0.25, 0.3) is 0 Å². The van der Waals surface area contributed by atoms with Crippen LogP contribution < -0.4 is 5.32 Å². The average molecular weight is 305 g/mol. The second-order valence-corrected chi connectivity index (χ2v) is 5.87. The van der Waals surface area contributed by atoms with Crippen molar-refractivity contribution in [2.24, 2.45) is 5.92 Å². The number of carboxylic acids is 1. The monoisotopic (exact) mass is 305 g/mol. The zero-order valence-electron chi connectivity index (χ0n) is 12.7. The molecule has 0 bridgehead atoms. The van der Waals surface area contributed by atoms with Gasteiger partial charge in [0.2, 0.25) is 0 Å². The van der Waals surface area contributed by atoms with Gasteiger partial charge in [-0.1, -0.05) is 43.2 Å². The molecule has 0 aromatic heterocycles. The lowest BCUT2D eigenvalue weighted by Gasteiger charge is -2.29. The number of nitrogens with one attached hydrogen (secondary N) is 1. The van der Waals surface area contributed by atoms with E-state index < -0.39 is 12.1 Å². The van der Waals surface area contributed by atoms with Crippen molar-refractivity contribution in [2.45, 2.75) is 51.2 Å². The quantitative estimate of drug-likeness (QED) is 0.845. The number of alkyl carbamates (subject to hydrolysis) is 1. The number of benzene rings is 1. The van der Waals surface area contributed by atoms with Gasteiger partial charge in [0.1, 0.15) is 6.61 Å². The van der Waals surface area contributed by atoms with Crippen molar-refractivity contribution >= 4 is 12.1 Å². The van der Waals surface area contributed by atoms with Crippen LogP contribution in [0, 0.1) is 5.92 Å². The van der Waals surface area contributed by atoms with Gasteiger partial charge in [0, 0.05) is 12.5 Å². The molecule has 1 aromatic carbocycles. The fourth-order valence-electron chi connectivity index (χ4n) is 2.94. The van der Waals surface area contributed by atoms with Crippen LogP contribution in [0.3, 0.4) is 0 Å². The Kier molecular flexibility index (Phi) is 6.25. The first kappa shape index (κ1) is 16.3. The lowest BCUT2D eigenvalue weighted by molar-refractivity contribution is -0.137. The van der Waals surface area contributed by atoms with E-state index in [-0.39, 0.29) is 19.1 Å². The van der Waals surface area contributed by atoms with Gasteiger partial charge in [-0.3, -0.25) is 4.79 Å². The minimum Gasteiger partial charge on any atom is -0.481 e. The highest BCUT2D eigenvalue weighted by Crippen LogP contribution is 2.27. The van der Waals surface area contributed by atoms with E-state index in [1.165, 1.54) is 0 Å². The topological polar surface area (TPSA) is 75.6 Å². The Morgan fingerprint density at radius 2 is 2.00 bits per heavy atom. The Morgan fingerprint density at radius 3 is 2.73 bits per heavy atom. The van der Waals surface area contributed by atoms with Gasteiger partial charge in [-0.2, -0.15) is 0 Å². The first-order valence-electron chi connectivity index (χ1n) is 7.82. The van der Waals surface area contributed by atoms with Crippen molar-refractivity contribution in [3.05, 3.63) is 35.9 Å². The zero-order valence-corrected chi connectivity index (χ0v) is 12.7. The molecular weight excluding hydrogens is 282 g/mol. The number of ether oxygens (including phenoxy) is 1. The van der Waals surface area contributed by atoms with Crippen LogP contribution in [-0.2, 0) is 16.1 Å². The van der Waals surface area contributed by atoms with E-state index in [9.17, 15) is 9.59 Å². The van der Waals surface area contributed by atoms with Crippen LogP contribution in [0.1, 0.15) is 44.1 Å². The van der Waals surface area contributed by atoms with Crippen molar-refractivity contribution < 1.29 is 19.4 Å². The van der Waals surface area contributed by atoms with Crippen LogP contribution in [0.4, 0.5) is 4.79 Å². The third-order valence-electron chi connectivity index (χ3n) is 4.08. The van der Waals surface area contributed by atoms with Gasteiger partial charge in [-0.25, -0.2) is 4.79 Å². The highest BCUT2D eigenvalue weighted by Gasteiger charge is 2.24. The Bertz CT molecular complexity index is 489. The molecule has 1 amide bonds. The zero-order chi connectivity index (χ0) is 15.8. The summed E-state index contributed by atoms with van der Waals surface area (Å²) >= 11 is 0. The number of carboxylic acid groups (broad SMARTS) is 1. The normalized spacial score (nSPS) is 21.1. The molecule has 120 valence electrons. The summed E-state index contributed by atoms with van der Waals surface area (Å²) in [5.41, 5.74) is 0.959. The highest BCUT2D eigenvalue weighted by atomic mass is 16.5. The van der Waals surface area contributed by atoms with Crippen molar-refractivity contribution in [1.82, 2.24) is 5.32 Å². The molecule has 2 atom stereocenters. The molecule has 2 rings (SSSR count). The van der Waals surface area contributed by atoms with E-state index in [1.807, 2.05) is 30.3 Å². The second-order valence-electron chi connectivity index (χ2n) is 5.87. The van der Waals surface area contributed by atoms with Crippen molar-refractivity contribution in [2.75, 3.05) is 0 Å². The summed E-state index contributed by atoms with van der Waals surface area (Å²) in [5.74, 6) is -0.373. The fourth-order valence-corrected chi connectivity index (χ4v) is 2.94. The molecule has 2 unspecified atom stereocenters. The summed E-state index contributed by atoms with van der Waals surface area (Å²) in [4.78, 5) is 22.5. The lowest BCUT2D eigenvalue weighted by atomic mass is 9.83. The van der Waals surface area contributed by atoms with E-state index in [1.54, 1.807) is 0 Å². The van der Waals surface area contributed by atoms with Crippen LogP contribution in [0.5, 0.6) is 0 Å². The Hall–Kier alpha value is -2.04. The molecule has 0 saturated heterocycles. The molecule has 1 fully saturated rings. The summed E-state index contributed by atoms with van der Waals surface area (Å²) in [7, 11) is 0. The Balaban J connectivity index is 1.70. The van der Waals surface area contributed by atoms with Gasteiger partial charge in [0.15, 0.2) is 0 Å². The van der Waals surface area contributed by atoms with E-state index >= 15 is 0 Å². The van der Waals surface area contributed by atoms with E-state index in [4.69, 9.17) is 9.84 Å². The number of carbonyl (C=O) groups is 2. The van der Waals surface area contributed by atoms with Gasteiger partial charge in [0.25, 0.3) is 0 Å². The van der Waals surface area contributed by atoms with Crippen molar-refractivity contribution in [1.29, 1.82) is 0 Å². The van der Waals surface area contributed by atoms with Crippen molar-refractivity contribution in [3.63, 3.8) is 0 Å². The van der Waals surface area contributed by atoms with Crippen molar-refractivity contribution in [3.8, 4) is 0 Å². The minimum atomic E-state index is -0.752. The number of aliphatic carboxylic acids is 1. The Morgan fingerprint density at radius 1 is 1.23 bits per heavy atom. The van der Waals surface area contributed by atoms with E-state index in [0.717, 1.165) is 31.2 Å². The predicted molar refractivity (Wildman–Crippen MR) is 82.4 cm³/mol. The summed E-state index contributed by atoms with van der Waals surface area (Å²) in [5, 5.41) is 11.6. The molecule has 0 spiro atoms. The molecule has 1 aliphatic rings. The summed E-state index contributed by atoms with van der Waals surface area (Å²) in [6, 6.07) is 9.65. The molecule has 1 aliphatic carbocycles. The van der Waals surface area contributed by atoms with Crippen LogP contribution in [0.2, 0.25) is 0 Å². The molecule has 5 heteroatoms. The molecule has 0 aliphatic heterocycles. The standard InChI is InChI=1S/C17H23NO4/c19-16(20)10-9-13-7-4-8-15(11-13)18-17(21)22-12-14-5-2-1-3-6-14/h1-3,5-6,13,15H,4,7-12H2,(H,18,21)(H,19,20). The Labute approximate surface area is 130 Å². The molecular formula is C17H23NO4. The minimum absolute atomic E-state index is 0.0934. The smallest absolute Gasteiger partial charge is 0.407 e.